The van der Waals surface area contributed by atoms with E-state index in [-0.39, 0.29) is 6.10 Å². The molecule has 1 N–H and O–H groups in total. The summed E-state index contributed by atoms with van der Waals surface area (Å²) < 4.78 is 0. The molecule has 3 aliphatic carbocycles. The lowest BCUT2D eigenvalue weighted by Crippen LogP contribution is -2.35. The molecule has 0 heterocycles. The Morgan fingerprint density at radius 3 is 1.91 bits per heavy atom. The Morgan fingerprint density at radius 1 is 0.739 bits per heavy atom. The number of rotatable bonds is 5. The van der Waals surface area contributed by atoms with Gasteiger partial charge in [0.15, 0.2) is 0 Å². The Balaban J connectivity index is 1.32. The van der Waals surface area contributed by atoms with Crippen molar-refractivity contribution in [2.45, 2.75) is 102 Å². The molecule has 2 nitrogen and oxygen atoms in total. The number of aliphatic hydroxyl groups is 1. The van der Waals surface area contributed by atoms with E-state index in [4.69, 9.17) is 0 Å². The topological polar surface area (TPSA) is 23.5 Å². The highest BCUT2D eigenvalue weighted by Crippen LogP contribution is 2.40. The van der Waals surface area contributed by atoms with Crippen LogP contribution in [0.3, 0.4) is 0 Å². The minimum absolute atomic E-state index is 0.0120. The predicted molar refractivity (Wildman–Crippen MR) is 97.5 cm³/mol. The molecule has 0 amide bonds. The Hall–Kier alpha value is -0.0800. The van der Waals surface area contributed by atoms with Crippen LogP contribution in [0.5, 0.6) is 0 Å². The Labute approximate surface area is 144 Å². The van der Waals surface area contributed by atoms with Crippen LogP contribution in [0.1, 0.15) is 89.9 Å². The molecule has 0 aromatic rings. The summed E-state index contributed by atoms with van der Waals surface area (Å²) in [4.78, 5) is 2.67. The first kappa shape index (κ1) is 17.7. The zero-order chi connectivity index (χ0) is 16.1. The van der Waals surface area contributed by atoms with Gasteiger partial charge in [-0.1, -0.05) is 32.1 Å². The molecule has 3 fully saturated rings. The summed E-state index contributed by atoms with van der Waals surface area (Å²) in [7, 11) is 2.37. The molecule has 3 saturated carbocycles. The molecule has 3 aliphatic rings. The Bertz CT molecular complexity index is 323. The van der Waals surface area contributed by atoms with E-state index in [2.05, 4.69) is 11.9 Å². The molecule has 0 atom stereocenters. The summed E-state index contributed by atoms with van der Waals surface area (Å²) in [6.07, 6.45) is 19.3. The fourth-order valence-electron chi connectivity index (χ4n) is 5.61. The largest absolute Gasteiger partial charge is 0.393 e. The van der Waals surface area contributed by atoms with Gasteiger partial charge in [0, 0.05) is 6.04 Å². The summed E-state index contributed by atoms with van der Waals surface area (Å²) >= 11 is 0. The second kappa shape index (κ2) is 8.85. The number of nitrogens with zero attached hydrogens (tertiary/aromatic N) is 1. The van der Waals surface area contributed by atoms with E-state index < -0.39 is 0 Å². The van der Waals surface area contributed by atoms with E-state index in [9.17, 15) is 5.11 Å². The zero-order valence-electron chi connectivity index (χ0n) is 15.4. The first-order valence-electron chi connectivity index (χ1n) is 10.6. The van der Waals surface area contributed by atoms with Gasteiger partial charge in [0.25, 0.3) is 0 Å². The monoisotopic (exact) mass is 321 g/mol. The van der Waals surface area contributed by atoms with Crippen LogP contribution in [0.15, 0.2) is 0 Å². The molecule has 0 bridgehead atoms. The van der Waals surface area contributed by atoms with E-state index in [1.165, 1.54) is 83.6 Å². The molecule has 0 spiro atoms. The maximum absolute atomic E-state index is 9.69. The normalized spacial score (nSPS) is 37.2. The highest BCUT2D eigenvalue weighted by molar-refractivity contribution is 4.82. The molecule has 0 aliphatic heterocycles. The van der Waals surface area contributed by atoms with Crippen LogP contribution in [0.25, 0.3) is 0 Å². The molecular formula is C21H39NO. The third-order valence-electron chi connectivity index (χ3n) is 7.39. The van der Waals surface area contributed by atoms with Crippen LogP contribution in [0, 0.1) is 17.8 Å². The number of hydrogen-bond acceptors (Lipinski definition) is 2. The third kappa shape index (κ3) is 5.19. The van der Waals surface area contributed by atoms with Gasteiger partial charge in [-0.25, -0.2) is 0 Å². The molecular weight excluding hydrogens is 282 g/mol. The molecule has 0 saturated heterocycles. The molecule has 0 aromatic heterocycles. The van der Waals surface area contributed by atoms with Gasteiger partial charge in [0.2, 0.25) is 0 Å². The minimum atomic E-state index is 0.0120. The van der Waals surface area contributed by atoms with Gasteiger partial charge in [0.05, 0.1) is 6.10 Å². The van der Waals surface area contributed by atoms with Gasteiger partial charge >= 0.3 is 0 Å². The van der Waals surface area contributed by atoms with E-state index in [1.54, 1.807) is 0 Å². The van der Waals surface area contributed by atoms with Crippen molar-refractivity contribution in [3.05, 3.63) is 0 Å². The molecule has 134 valence electrons. The summed E-state index contributed by atoms with van der Waals surface area (Å²) in [5, 5.41) is 9.69. The SMILES string of the molecule is CN(CCC1CCC(C2CCC(O)CC2)CC1)C1CCCCC1. The second-order valence-electron chi connectivity index (χ2n) is 8.91. The summed E-state index contributed by atoms with van der Waals surface area (Å²) in [6.45, 7) is 1.33. The van der Waals surface area contributed by atoms with Gasteiger partial charge in [-0.15, -0.1) is 0 Å². The standard InChI is InChI=1S/C21H39NO/c1-22(20-5-3-2-4-6-20)16-15-17-7-9-18(10-8-17)19-11-13-21(23)14-12-19/h17-21,23H,2-16H2,1H3. The molecule has 0 aromatic carbocycles. The molecule has 3 rings (SSSR count). The quantitative estimate of drug-likeness (QED) is 0.770. The van der Waals surface area contributed by atoms with Crippen LogP contribution >= 0.6 is 0 Å². The Morgan fingerprint density at radius 2 is 1.30 bits per heavy atom. The van der Waals surface area contributed by atoms with Gasteiger partial charge in [0.1, 0.15) is 0 Å². The summed E-state index contributed by atoms with van der Waals surface area (Å²) in [5.41, 5.74) is 0. The predicted octanol–water partition coefficient (Wildman–Crippen LogP) is 5.00. The lowest BCUT2D eigenvalue weighted by molar-refractivity contribution is 0.0749. The highest BCUT2D eigenvalue weighted by atomic mass is 16.3. The van der Waals surface area contributed by atoms with Crippen molar-refractivity contribution in [3.8, 4) is 0 Å². The smallest absolute Gasteiger partial charge is 0.0540 e. The lowest BCUT2D eigenvalue weighted by atomic mass is 9.70. The van der Waals surface area contributed by atoms with Crippen molar-refractivity contribution in [3.63, 3.8) is 0 Å². The zero-order valence-corrected chi connectivity index (χ0v) is 15.4. The van der Waals surface area contributed by atoms with Crippen molar-refractivity contribution in [1.82, 2.24) is 4.90 Å². The summed E-state index contributed by atoms with van der Waals surface area (Å²) in [6, 6.07) is 0.883. The summed E-state index contributed by atoms with van der Waals surface area (Å²) in [5.74, 6) is 2.91. The fourth-order valence-corrected chi connectivity index (χ4v) is 5.61. The van der Waals surface area contributed by atoms with Crippen LogP contribution in [0.4, 0.5) is 0 Å². The minimum Gasteiger partial charge on any atom is -0.393 e. The maximum atomic E-state index is 9.69. The first-order chi connectivity index (χ1) is 11.2. The van der Waals surface area contributed by atoms with Gasteiger partial charge in [-0.3, -0.25) is 0 Å². The average Bonchev–Trinajstić information content (AvgIpc) is 2.61. The molecule has 23 heavy (non-hydrogen) atoms. The van der Waals surface area contributed by atoms with E-state index in [0.29, 0.717) is 0 Å². The fraction of sp³-hybridized carbons (Fsp3) is 1.00. The van der Waals surface area contributed by atoms with Crippen molar-refractivity contribution >= 4 is 0 Å². The highest BCUT2D eigenvalue weighted by Gasteiger charge is 2.30. The Kier molecular flexibility index (Phi) is 6.83. The van der Waals surface area contributed by atoms with Crippen molar-refractivity contribution < 1.29 is 5.11 Å². The van der Waals surface area contributed by atoms with Crippen molar-refractivity contribution in [1.29, 1.82) is 0 Å². The third-order valence-corrected chi connectivity index (χ3v) is 7.39. The van der Waals surface area contributed by atoms with Crippen LogP contribution in [-0.4, -0.2) is 35.7 Å². The maximum Gasteiger partial charge on any atom is 0.0540 e. The van der Waals surface area contributed by atoms with Gasteiger partial charge in [-0.05, 0) is 89.1 Å². The van der Waals surface area contributed by atoms with E-state index in [1.807, 2.05) is 0 Å². The van der Waals surface area contributed by atoms with Crippen LogP contribution in [0.2, 0.25) is 0 Å². The second-order valence-corrected chi connectivity index (χ2v) is 8.91. The van der Waals surface area contributed by atoms with E-state index in [0.717, 1.165) is 36.6 Å². The average molecular weight is 322 g/mol. The van der Waals surface area contributed by atoms with E-state index >= 15 is 0 Å². The van der Waals surface area contributed by atoms with Gasteiger partial charge in [-0.2, -0.15) is 0 Å². The number of aliphatic hydroxyl groups excluding tert-OH is 1. The lowest BCUT2D eigenvalue weighted by Gasteiger charge is -2.38. The number of hydrogen-bond donors (Lipinski definition) is 1. The molecule has 2 heteroatoms. The van der Waals surface area contributed by atoms with Crippen LogP contribution < -0.4 is 0 Å². The van der Waals surface area contributed by atoms with Gasteiger partial charge < -0.3 is 10.0 Å². The van der Waals surface area contributed by atoms with Crippen molar-refractivity contribution in [2.75, 3.05) is 13.6 Å². The van der Waals surface area contributed by atoms with Crippen molar-refractivity contribution in [2.24, 2.45) is 17.8 Å². The first-order valence-corrected chi connectivity index (χ1v) is 10.6. The molecule has 0 radical (unpaired) electrons. The van der Waals surface area contributed by atoms with Crippen LogP contribution in [-0.2, 0) is 0 Å². The molecule has 0 unspecified atom stereocenters.